The molecule has 0 N–H and O–H groups in total. The maximum absolute atomic E-state index is 12.2. The first-order valence-corrected chi connectivity index (χ1v) is 5.83. The predicted octanol–water partition coefficient (Wildman–Crippen LogP) is 1.46. The van der Waals surface area contributed by atoms with E-state index in [2.05, 4.69) is 9.97 Å². The third kappa shape index (κ3) is 2.56. The molecule has 0 atom stereocenters. The van der Waals surface area contributed by atoms with Gasteiger partial charge < -0.3 is 4.74 Å². The molecule has 0 amide bonds. The number of pyridine rings is 1. The summed E-state index contributed by atoms with van der Waals surface area (Å²) < 4.78 is 6.75. The van der Waals surface area contributed by atoms with E-state index >= 15 is 0 Å². The summed E-state index contributed by atoms with van der Waals surface area (Å²) in [5.41, 5.74) is 0.809. The fourth-order valence-electron chi connectivity index (χ4n) is 2.00. The van der Waals surface area contributed by atoms with E-state index in [-0.39, 0.29) is 11.0 Å². The molecular formula is C13H17N3O2. The molecule has 5 nitrogen and oxygen atoms in total. The third-order valence-electron chi connectivity index (χ3n) is 2.72. The lowest BCUT2D eigenvalue weighted by Crippen LogP contribution is -2.31. The van der Waals surface area contributed by atoms with Crippen LogP contribution in [0.4, 0.5) is 0 Å². The summed E-state index contributed by atoms with van der Waals surface area (Å²) in [5.74, 6) is 0. The van der Waals surface area contributed by atoms with Gasteiger partial charge in [0, 0.05) is 25.3 Å². The molecule has 0 unspecified atom stereocenters. The minimum atomic E-state index is -0.122. The molecule has 0 spiro atoms. The molecule has 2 heterocycles. The molecule has 0 aliphatic rings. The highest BCUT2D eigenvalue weighted by Crippen LogP contribution is 2.17. The Balaban J connectivity index is 2.41. The van der Waals surface area contributed by atoms with Gasteiger partial charge in [0.05, 0.1) is 18.5 Å². The molecule has 2 aromatic heterocycles. The van der Waals surface area contributed by atoms with E-state index in [1.165, 1.54) is 0 Å². The van der Waals surface area contributed by atoms with E-state index in [0.717, 1.165) is 0 Å². The van der Waals surface area contributed by atoms with Crippen LogP contribution in [0.3, 0.4) is 0 Å². The number of aromatic nitrogens is 3. The van der Waals surface area contributed by atoms with Gasteiger partial charge in [0.1, 0.15) is 0 Å². The number of nitrogens with zero attached hydrogens (tertiary/aromatic N) is 3. The lowest BCUT2D eigenvalue weighted by molar-refractivity contribution is 0.0910. The van der Waals surface area contributed by atoms with Crippen LogP contribution in [0.2, 0.25) is 0 Å². The molecule has 0 radical (unpaired) electrons. The average molecular weight is 247 g/mol. The SMILES string of the molecule is COCC(C)(C)Cn1cnc2cccnc2c1=O. The van der Waals surface area contributed by atoms with E-state index < -0.39 is 0 Å². The van der Waals surface area contributed by atoms with Crippen LogP contribution in [0, 0.1) is 5.41 Å². The summed E-state index contributed by atoms with van der Waals surface area (Å²) >= 11 is 0. The van der Waals surface area contributed by atoms with E-state index in [1.54, 1.807) is 36.3 Å². The molecule has 0 aliphatic heterocycles. The van der Waals surface area contributed by atoms with Crippen molar-refractivity contribution in [1.82, 2.24) is 14.5 Å². The minimum Gasteiger partial charge on any atom is -0.384 e. The quantitative estimate of drug-likeness (QED) is 0.820. The Hall–Kier alpha value is -1.75. The summed E-state index contributed by atoms with van der Waals surface area (Å²) in [5, 5.41) is 0. The van der Waals surface area contributed by atoms with Crippen molar-refractivity contribution in [3.05, 3.63) is 35.0 Å². The van der Waals surface area contributed by atoms with Crippen LogP contribution in [-0.4, -0.2) is 28.3 Å². The second-order valence-corrected chi connectivity index (χ2v) is 5.15. The molecule has 0 aliphatic carbocycles. The van der Waals surface area contributed by atoms with Crippen LogP contribution in [0.25, 0.3) is 11.0 Å². The maximum Gasteiger partial charge on any atom is 0.279 e. The first-order chi connectivity index (χ1) is 8.53. The molecule has 0 saturated carbocycles. The Morgan fingerprint density at radius 2 is 2.17 bits per heavy atom. The fourth-order valence-corrected chi connectivity index (χ4v) is 2.00. The Morgan fingerprint density at radius 1 is 1.39 bits per heavy atom. The smallest absolute Gasteiger partial charge is 0.279 e. The third-order valence-corrected chi connectivity index (χ3v) is 2.72. The van der Waals surface area contributed by atoms with E-state index in [1.807, 2.05) is 13.8 Å². The van der Waals surface area contributed by atoms with Crippen molar-refractivity contribution in [1.29, 1.82) is 0 Å². The maximum atomic E-state index is 12.2. The number of hydrogen-bond acceptors (Lipinski definition) is 4. The van der Waals surface area contributed by atoms with Gasteiger partial charge >= 0.3 is 0 Å². The van der Waals surface area contributed by atoms with E-state index in [4.69, 9.17) is 4.74 Å². The van der Waals surface area contributed by atoms with Crippen molar-refractivity contribution in [2.24, 2.45) is 5.41 Å². The second kappa shape index (κ2) is 4.86. The van der Waals surface area contributed by atoms with Crippen LogP contribution < -0.4 is 5.56 Å². The van der Waals surface area contributed by atoms with Crippen LogP contribution in [-0.2, 0) is 11.3 Å². The van der Waals surface area contributed by atoms with Gasteiger partial charge in [-0.1, -0.05) is 13.8 Å². The highest BCUT2D eigenvalue weighted by atomic mass is 16.5. The molecule has 0 aromatic carbocycles. The van der Waals surface area contributed by atoms with Crippen molar-refractivity contribution in [3.63, 3.8) is 0 Å². The highest BCUT2D eigenvalue weighted by molar-refractivity contribution is 5.71. The van der Waals surface area contributed by atoms with Gasteiger partial charge in [-0.05, 0) is 12.1 Å². The zero-order chi connectivity index (χ0) is 13.2. The predicted molar refractivity (Wildman–Crippen MR) is 69.5 cm³/mol. The molecule has 0 fully saturated rings. The Morgan fingerprint density at radius 3 is 2.89 bits per heavy atom. The molecule has 2 rings (SSSR count). The first-order valence-electron chi connectivity index (χ1n) is 5.83. The number of fused-ring (bicyclic) bond motifs is 1. The van der Waals surface area contributed by atoms with Gasteiger partial charge in [-0.25, -0.2) is 9.97 Å². The standard InChI is InChI=1S/C13H17N3O2/c1-13(2,8-18-3)7-16-9-15-10-5-4-6-14-11(10)12(16)17/h4-6,9H,7-8H2,1-3H3. The minimum absolute atomic E-state index is 0.107. The van der Waals surface area contributed by atoms with Crippen molar-refractivity contribution in [2.45, 2.75) is 20.4 Å². The zero-order valence-electron chi connectivity index (χ0n) is 10.9. The molecule has 18 heavy (non-hydrogen) atoms. The second-order valence-electron chi connectivity index (χ2n) is 5.15. The molecule has 96 valence electrons. The lowest BCUT2D eigenvalue weighted by Gasteiger charge is -2.24. The zero-order valence-corrected chi connectivity index (χ0v) is 10.9. The average Bonchev–Trinajstić information content (AvgIpc) is 2.33. The molecular weight excluding hydrogens is 230 g/mol. The van der Waals surface area contributed by atoms with Crippen LogP contribution in [0.5, 0.6) is 0 Å². The summed E-state index contributed by atoms with van der Waals surface area (Å²) in [4.78, 5) is 20.6. The van der Waals surface area contributed by atoms with Crippen LogP contribution >= 0.6 is 0 Å². The Kier molecular flexibility index (Phi) is 3.43. The molecule has 5 heteroatoms. The van der Waals surface area contributed by atoms with Crippen LogP contribution in [0.15, 0.2) is 29.5 Å². The highest BCUT2D eigenvalue weighted by Gasteiger charge is 2.19. The summed E-state index contributed by atoms with van der Waals surface area (Å²) in [7, 11) is 1.66. The van der Waals surface area contributed by atoms with Gasteiger partial charge in [0.15, 0.2) is 5.52 Å². The molecule has 0 bridgehead atoms. The number of rotatable bonds is 4. The Labute approximate surface area is 105 Å². The summed E-state index contributed by atoms with van der Waals surface area (Å²) in [6.07, 6.45) is 3.18. The molecule has 2 aromatic rings. The molecule has 0 saturated heterocycles. The lowest BCUT2D eigenvalue weighted by atomic mass is 9.95. The van der Waals surface area contributed by atoms with Gasteiger partial charge in [-0.15, -0.1) is 0 Å². The van der Waals surface area contributed by atoms with Crippen molar-refractivity contribution in [3.8, 4) is 0 Å². The Bertz CT molecular complexity index is 604. The van der Waals surface area contributed by atoms with Crippen molar-refractivity contribution >= 4 is 11.0 Å². The largest absolute Gasteiger partial charge is 0.384 e. The monoisotopic (exact) mass is 247 g/mol. The van der Waals surface area contributed by atoms with Crippen LogP contribution in [0.1, 0.15) is 13.8 Å². The number of ether oxygens (including phenoxy) is 1. The summed E-state index contributed by atoms with van der Waals surface area (Å²) in [6.45, 7) is 5.23. The van der Waals surface area contributed by atoms with E-state index in [9.17, 15) is 4.79 Å². The number of hydrogen-bond donors (Lipinski definition) is 0. The number of methoxy groups -OCH3 is 1. The van der Waals surface area contributed by atoms with Gasteiger partial charge in [-0.2, -0.15) is 0 Å². The van der Waals surface area contributed by atoms with Gasteiger partial charge in [-0.3, -0.25) is 9.36 Å². The topological polar surface area (TPSA) is 57.0 Å². The van der Waals surface area contributed by atoms with Crippen molar-refractivity contribution in [2.75, 3.05) is 13.7 Å². The fraction of sp³-hybridized carbons (Fsp3) is 0.462. The van der Waals surface area contributed by atoms with Gasteiger partial charge in [0.25, 0.3) is 5.56 Å². The van der Waals surface area contributed by atoms with Gasteiger partial charge in [0.2, 0.25) is 0 Å². The first kappa shape index (κ1) is 12.7. The van der Waals surface area contributed by atoms with Crippen molar-refractivity contribution < 1.29 is 4.74 Å². The van der Waals surface area contributed by atoms with E-state index in [0.29, 0.717) is 24.2 Å². The normalized spacial score (nSPS) is 11.9. The summed E-state index contributed by atoms with van der Waals surface area (Å²) in [6, 6.07) is 3.56.